The standard InChI is InChI=1S/C21H44BNO5/c1-5-8-12-25-19-16-23(11-15-24-4)18(17-28-22)20(26-13-9-6-2)21(19)27-14-10-7-3/h18-21H,5-17,22H2,1-4H3/t18-,19+,20-,21-/m1/s1. The van der Waals surface area contributed by atoms with Crippen molar-refractivity contribution in [1.29, 1.82) is 0 Å². The van der Waals surface area contributed by atoms with Crippen LogP contribution in [0.3, 0.4) is 0 Å². The van der Waals surface area contributed by atoms with Gasteiger partial charge in [-0.1, -0.05) is 40.0 Å². The van der Waals surface area contributed by atoms with Crippen LogP contribution >= 0.6 is 0 Å². The van der Waals surface area contributed by atoms with E-state index in [0.29, 0.717) is 13.2 Å². The highest BCUT2D eigenvalue weighted by atomic mass is 16.6. The van der Waals surface area contributed by atoms with E-state index in [9.17, 15) is 0 Å². The summed E-state index contributed by atoms with van der Waals surface area (Å²) in [6, 6.07) is 0.148. The van der Waals surface area contributed by atoms with Gasteiger partial charge in [0.15, 0.2) is 0 Å². The predicted octanol–water partition coefficient (Wildman–Crippen LogP) is 2.44. The summed E-state index contributed by atoms with van der Waals surface area (Å²) in [6.07, 6.45) is 6.45. The molecule has 166 valence electrons. The Bertz CT molecular complexity index is 364. The Balaban J connectivity index is 2.98. The highest BCUT2D eigenvalue weighted by Gasteiger charge is 2.45. The molecule has 4 atom stereocenters. The van der Waals surface area contributed by atoms with Crippen molar-refractivity contribution >= 4 is 8.05 Å². The van der Waals surface area contributed by atoms with Gasteiger partial charge in [-0.3, -0.25) is 4.90 Å². The normalized spacial score (nSPS) is 26.0. The van der Waals surface area contributed by atoms with Gasteiger partial charge in [0.05, 0.1) is 18.8 Å². The van der Waals surface area contributed by atoms with Gasteiger partial charge in [-0.25, -0.2) is 0 Å². The number of unbranched alkanes of at least 4 members (excludes halogenated alkanes) is 3. The quantitative estimate of drug-likeness (QED) is 0.276. The van der Waals surface area contributed by atoms with Gasteiger partial charge in [-0.15, -0.1) is 0 Å². The zero-order valence-corrected chi connectivity index (χ0v) is 19.0. The summed E-state index contributed by atoms with van der Waals surface area (Å²) in [5, 5.41) is 0. The first kappa shape index (κ1) is 25.9. The molecule has 1 saturated heterocycles. The number of piperidine rings is 1. The van der Waals surface area contributed by atoms with Gasteiger partial charge >= 0.3 is 0 Å². The van der Waals surface area contributed by atoms with Gasteiger partial charge in [0.1, 0.15) is 12.2 Å². The Labute approximate surface area is 174 Å². The second-order valence-electron chi connectivity index (χ2n) is 7.65. The van der Waals surface area contributed by atoms with Crippen LogP contribution in [0.25, 0.3) is 0 Å². The largest absolute Gasteiger partial charge is 0.442 e. The second kappa shape index (κ2) is 16.6. The first-order valence-electron chi connectivity index (χ1n) is 11.3. The maximum atomic E-state index is 6.41. The average Bonchev–Trinajstić information content (AvgIpc) is 2.70. The van der Waals surface area contributed by atoms with E-state index in [0.717, 1.165) is 71.4 Å². The first-order valence-corrected chi connectivity index (χ1v) is 11.3. The van der Waals surface area contributed by atoms with E-state index < -0.39 is 0 Å². The molecule has 0 spiro atoms. The fourth-order valence-corrected chi connectivity index (χ4v) is 3.61. The minimum atomic E-state index is -0.0563. The number of nitrogens with zero attached hydrogens (tertiary/aromatic N) is 1. The van der Waals surface area contributed by atoms with Crippen molar-refractivity contribution in [1.82, 2.24) is 4.90 Å². The molecule has 0 N–H and O–H groups in total. The molecule has 0 amide bonds. The maximum absolute atomic E-state index is 6.41. The summed E-state index contributed by atoms with van der Waals surface area (Å²) in [4.78, 5) is 2.40. The van der Waals surface area contributed by atoms with Gasteiger partial charge < -0.3 is 23.6 Å². The fourth-order valence-electron chi connectivity index (χ4n) is 3.61. The third-order valence-corrected chi connectivity index (χ3v) is 5.32. The average molecular weight is 401 g/mol. The van der Waals surface area contributed by atoms with E-state index in [2.05, 4.69) is 25.7 Å². The lowest BCUT2D eigenvalue weighted by molar-refractivity contribution is -0.199. The van der Waals surface area contributed by atoms with Crippen LogP contribution in [0.4, 0.5) is 0 Å². The first-order chi connectivity index (χ1) is 13.7. The Kier molecular flexibility index (Phi) is 15.3. The summed E-state index contributed by atoms with van der Waals surface area (Å²) < 4.78 is 30.0. The molecule has 0 bridgehead atoms. The molecule has 0 unspecified atom stereocenters. The zero-order chi connectivity index (χ0) is 20.6. The zero-order valence-electron chi connectivity index (χ0n) is 19.0. The molecule has 1 aliphatic rings. The van der Waals surface area contributed by atoms with Crippen LogP contribution < -0.4 is 0 Å². The smallest absolute Gasteiger partial charge is 0.257 e. The van der Waals surface area contributed by atoms with Crippen molar-refractivity contribution in [2.24, 2.45) is 0 Å². The van der Waals surface area contributed by atoms with Crippen LogP contribution in [0.15, 0.2) is 0 Å². The number of rotatable bonds is 17. The fraction of sp³-hybridized carbons (Fsp3) is 1.00. The number of hydrogen-bond acceptors (Lipinski definition) is 6. The SMILES string of the molecule is BOC[C@@H]1[C@@H](OCCCC)[C@H](OCCCC)[C@@H](OCCCC)CN1CCOC. The van der Waals surface area contributed by atoms with E-state index >= 15 is 0 Å². The van der Waals surface area contributed by atoms with E-state index in [1.54, 1.807) is 15.2 Å². The molecule has 0 aromatic carbocycles. The highest BCUT2D eigenvalue weighted by molar-refractivity contribution is 5.97. The number of likely N-dealkylation sites (tertiary alicyclic amines) is 1. The third-order valence-electron chi connectivity index (χ3n) is 5.32. The van der Waals surface area contributed by atoms with Crippen LogP contribution in [0.5, 0.6) is 0 Å². The molecular formula is C21H44BNO5. The molecule has 1 fully saturated rings. The Morgan fingerprint density at radius 3 is 1.93 bits per heavy atom. The van der Waals surface area contributed by atoms with Gasteiger partial charge in [0.2, 0.25) is 0 Å². The summed E-state index contributed by atoms with van der Waals surface area (Å²) in [6.45, 7) is 11.8. The van der Waals surface area contributed by atoms with E-state index in [4.69, 9.17) is 23.6 Å². The predicted molar refractivity (Wildman–Crippen MR) is 116 cm³/mol. The van der Waals surface area contributed by atoms with Crippen molar-refractivity contribution < 1.29 is 23.6 Å². The summed E-state index contributed by atoms with van der Waals surface area (Å²) in [5.74, 6) is 0. The van der Waals surface area contributed by atoms with Crippen molar-refractivity contribution in [2.45, 2.75) is 83.6 Å². The maximum Gasteiger partial charge on any atom is 0.257 e. The Hall–Kier alpha value is -0.175. The third kappa shape index (κ3) is 9.10. The van der Waals surface area contributed by atoms with Crippen LogP contribution in [0, 0.1) is 0 Å². The van der Waals surface area contributed by atoms with Crippen LogP contribution in [-0.4, -0.2) is 90.5 Å². The van der Waals surface area contributed by atoms with E-state index in [1.165, 1.54) is 0 Å². The minimum absolute atomic E-state index is 0.0139. The second-order valence-corrected chi connectivity index (χ2v) is 7.65. The Morgan fingerprint density at radius 1 is 0.821 bits per heavy atom. The molecule has 7 heteroatoms. The molecule has 6 nitrogen and oxygen atoms in total. The minimum Gasteiger partial charge on any atom is -0.442 e. The van der Waals surface area contributed by atoms with Crippen LogP contribution in [-0.2, 0) is 23.6 Å². The summed E-state index contributed by atoms with van der Waals surface area (Å²) in [5.41, 5.74) is 0. The van der Waals surface area contributed by atoms with Crippen molar-refractivity contribution in [3.63, 3.8) is 0 Å². The van der Waals surface area contributed by atoms with Gasteiger partial charge in [0, 0.05) is 46.6 Å². The van der Waals surface area contributed by atoms with E-state index in [1.807, 2.05) is 0 Å². The van der Waals surface area contributed by atoms with Crippen molar-refractivity contribution in [3.8, 4) is 0 Å². The Morgan fingerprint density at radius 2 is 1.39 bits per heavy atom. The van der Waals surface area contributed by atoms with Crippen molar-refractivity contribution in [3.05, 3.63) is 0 Å². The molecule has 1 rings (SSSR count). The number of methoxy groups -OCH3 is 1. The summed E-state index contributed by atoms with van der Waals surface area (Å²) in [7, 11) is 3.50. The summed E-state index contributed by atoms with van der Waals surface area (Å²) >= 11 is 0. The molecule has 0 radical (unpaired) electrons. The molecular weight excluding hydrogens is 357 g/mol. The lowest BCUT2D eigenvalue weighted by Gasteiger charge is -2.48. The highest BCUT2D eigenvalue weighted by Crippen LogP contribution is 2.27. The molecule has 0 aliphatic carbocycles. The van der Waals surface area contributed by atoms with E-state index in [-0.39, 0.29) is 24.4 Å². The molecule has 0 saturated carbocycles. The lowest BCUT2D eigenvalue weighted by atomic mass is 9.93. The van der Waals surface area contributed by atoms with Gasteiger partial charge in [0.25, 0.3) is 8.05 Å². The topological polar surface area (TPSA) is 49.4 Å². The van der Waals surface area contributed by atoms with Gasteiger partial charge in [-0.05, 0) is 19.3 Å². The molecule has 0 aromatic rings. The van der Waals surface area contributed by atoms with Crippen molar-refractivity contribution in [2.75, 3.05) is 53.2 Å². The molecule has 1 heterocycles. The monoisotopic (exact) mass is 401 g/mol. The van der Waals surface area contributed by atoms with Crippen LogP contribution in [0.1, 0.15) is 59.3 Å². The molecule has 1 aliphatic heterocycles. The molecule has 28 heavy (non-hydrogen) atoms. The molecule has 0 aromatic heterocycles. The van der Waals surface area contributed by atoms with Gasteiger partial charge in [-0.2, -0.15) is 0 Å². The number of ether oxygens (including phenoxy) is 4. The van der Waals surface area contributed by atoms with Crippen LogP contribution in [0.2, 0.25) is 0 Å². The number of hydrogen-bond donors (Lipinski definition) is 0. The lowest BCUT2D eigenvalue weighted by Crippen LogP contribution is -2.65.